The fourth-order valence-corrected chi connectivity index (χ4v) is 2.93. The van der Waals surface area contributed by atoms with Crippen molar-refractivity contribution in [2.75, 3.05) is 0 Å². The number of halogens is 2. The van der Waals surface area contributed by atoms with Gasteiger partial charge in [-0.3, -0.25) is 0 Å². The standard InChI is InChI=1S/C17H12BrClO/c18-16-8-7-14(19)10-15(16)17(20)13-6-5-11-3-1-2-4-12(11)9-13/h1-10,17,20H. The molecule has 0 aliphatic carbocycles. The van der Waals surface area contributed by atoms with E-state index in [-0.39, 0.29) is 0 Å². The smallest absolute Gasteiger partial charge is 0.105 e. The maximum Gasteiger partial charge on any atom is 0.105 e. The molecule has 1 nitrogen and oxygen atoms in total. The van der Waals surface area contributed by atoms with Gasteiger partial charge < -0.3 is 5.11 Å². The van der Waals surface area contributed by atoms with Crippen molar-refractivity contribution in [3.63, 3.8) is 0 Å². The van der Waals surface area contributed by atoms with Gasteiger partial charge in [-0.15, -0.1) is 0 Å². The van der Waals surface area contributed by atoms with E-state index >= 15 is 0 Å². The van der Waals surface area contributed by atoms with Gasteiger partial charge in [0, 0.05) is 15.1 Å². The summed E-state index contributed by atoms with van der Waals surface area (Å²) in [7, 11) is 0. The molecule has 3 aromatic carbocycles. The lowest BCUT2D eigenvalue weighted by atomic mass is 9.98. The molecule has 0 saturated carbocycles. The molecule has 0 saturated heterocycles. The van der Waals surface area contributed by atoms with Crippen LogP contribution in [0.3, 0.4) is 0 Å². The summed E-state index contributed by atoms with van der Waals surface area (Å²) >= 11 is 9.47. The molecule has 100 valence electrons. The number of hydrogen-bond acceptors (Lipinski definition) is 1. The second-order valence-electron chi connectivity index (χ2n) is 4.67. The third kappa shape index (κ3) is 2.59. The highest BCUT2D eigenvalue weighted by molar-refractivity contribution is 9.10. The van der Waals surface area contributed by atoms with E-state index in [2.05, 4.69) is 22.0 Å². The van der Waals surface area contributed by atoms with Crippen molar-refractivity contribution < 1.29 is 5.11 Å². The third-order valence-electron chi connectivity index (χ3n) is 3.34. The van der Waals surface area contributed by atoms with Gasteiger partial charge in [0.1, 0.15) is 6.10 Å². The van der Waals surface area contributed by atoms with Gasteiger partial charge in [0.25, 0.3) is 0 Å². The first-order chi connectivity index (χ1) is 9.65. The van der Waals surface area contributed by atoms with E-state index in [0.29, 0.717) is 5.02 Å². The van der Waals surface area contributed by atoms with Gasteiger partial charge in [-0.25, -0.2) is 0 Å². The van der Waals surface area contributed by atoms with E-state index in [1.54, 1.807) is 12.1 Å². The molecule has 0 amide bonds. The molecule has 0 radical (unpaired) electrons. The molecule has 3 aromatic rings. The van der Waals surface area contributed by atoms with E-state index in [1.807, 2.05) is 42.5 Å². The molecule has 3 rings (SSSR count). The Morgan fingerprint density at radius 3 is 2.45 bits per heavy atom. The third-order valence-corrected chi connectivity index (χ3v) is 4.30. The van der Waals surface area contributed by atoms with E-state index in [9.17, 15) is 5.11 Å². The maximum atomic E-state index is 10.6. The molecular formula is C17H12BrClO. The molecule has 20 heavy (non-hydrogen) atoms. The second kappa shape index (κ2) is 5.57. The Balaban J connectivity index is 2.07. The first-order valence-electron chi connectivity index (χ1n) is 6.27. The molecule has 0 aromatic heterocycles. The Morgan fingerprint density at radius 1 is 0.900 bits per heavy atom. The molecule has 0 fully saturated rings. The van der Waals surface area contributed by atoms with Crippen LogP contribution in [-0.2, 0) is 0 Å². The molecule has 1 N–H and O–H groups in total. The van der Waals surface area contributed by atoms with E-state index in [4.69, 9.17) is 11.6 Å². The predicted octanol–water partition coefficient (Wildman–Crippen LogP) is 5.34. The van der Waals surface area contributed by atoms with Crippen molar-refractivity contribution in [2.45, 2.75) is 6.10 Å². The molecule has 0 aliphatic rings. The summed E-state index contributed by atoms with van der Waals surface area (Å²) in [5.41, 5.74) is 1.62. The monoisotopic (exact) mass is 346 g/mol. The summed E-state index contributed by atoms with van der Waals surface area (Å²) in [5, 5.41) is 13.5. The summed E-state index contributed by atoms with van der Waals surface area (Å²) in [6.45, 7) is 0. The minimum absolute atomic E-state index is 0.614. The van der Waals surface area contributed by atoms with Crippen LogP contribution in [0.5, 0.6) is 0 Å². The van der Waals surface area contributed by atoms with Crippen molar-refractivity contribution >= 4 is 38.3 Å². The topological polar surface area (TPSA) is 20.2 Å². The fraction of sp³-hybridized carbons (Fsp3) is 0.0588. The molecule has 0 aliphatic heterocycles. The van der Waals surface area contributed by atoms with Gasteiger partial charge in [0.15, 0.2) is 0 Å². The normalized spacial score (nSPS) is 12.6. The Kier molecular flexibility index (Phi) is 3.79. The average molecular weight is 348 g/mol. The molecule has 0 heterocycles. The number of rotatable bonds is 2. The highest BCUT2D eigenvalue weighted by atomic mass is 79.9. The summed E-state index contributed by atoms with van der Waals surface area (Å²) in [6.07, 6.45) is -0.701. The molecule has 0 spiro atoms. The zero-order chi connectivity index (χ0) is 14.1. The highest BCUT2D eigenvalue weighted by Crippen LogP contribution is 2.32. The molecule has 1 unspecified atom stereocenters. The van der Waals surface area contributed by atoms with Crippen LogP contribution in [-0.4, -0.2) is 5.11 Å². The predicted molar refractivity (Wildman–Crippen MR) is 87.2 cm³/mol. The van der Waals surface area contributed by atoms with Crippen LogP contribution < -0.4 is 0 Å². The number of aliphatic hydroxyl groups is 1. The van der Waals surface area contributed by atoms with Crippen LogP contribution in [0.4, 0.5) is 0 Å². The van der Waals surface area contributed by atoms with Crippen LogP contribution in [0.15, 0.2) is 65.1 Å². The van der Waals surface area contributed by atoms with Crippen molar-refractivity contribution in [1.29, 1.82) is 0 Å². The minimum Gasteiger partial charge on any atom is -0.384 e. The van der Waals surface area contributed by atoms with E-state index in [1.165, 1.54) is 0 Å². The molecular weight excluding hydrogens is 336 g/mol. The summed E-state index contributed by atoms with van der Waals surface area (Å²) < 4.78 is 0.850. The zero-order valence-electron chi connectivity index (χ0n) is 10.6. The van der Waals surface area contributed by atoms with Crippen molar-refractivity contribution in [2.24, 2.45) is 0 Å². The lowest BCUT2D eigenvalue weighted by Gasteiger charge is -2.14. The summed E-state index contributed by atoms with van der Waals surface area (Å²) in [4.78, 5) is 0. The molecule has 1 atom stereocenters. The average Bonchev–Trinajstić information content (AvgIpc) is 2.48. The van der Waals surface area contributed by atoms with Crippen LogP contribution in [0.25, 0.3) is 10.8 Å². The first kappa shape index (κ1) is 13.6. The second-order valence-corrected chi connectivity index (χ2v) is 5.97. The summed E-state index contributed by atoms with van der Waals surface area (Å²) in [5.74, 6) is 0. The van der Waals surface area contributed by atoms with Crippen molar-refractivity contribution in [3.05, 3.63) is 81.3 Å². The van der Waals surface area contributed by atoms with Crippen molar-refractivity contribution in [3.8, 4) is 0 Å². The lowest BCUT2D eigenvalue weighted by Crippen LogP contribution is -2.00. The van der Waals surface area contributed by atoms with E-state index < -0.39 is 6.10 Å². The van der Waals surface area contributed by atoms with Gasteiger partial charge in [-0.2, -0.15) is 0 Å². The van der Waals surface area contributed by atoms with Gasteiger partial charge in [-0.05, 0) is 40.6 Å². The zero-order valence-corrected chi connectivity index (χ0v) is 12.9. The van der Waals surface area contributed by atoms with Crippen molar-refractivity contribution in [1.82, 2.24) is 0 Å². The minimum atomic E-state index is -0.701. The number of benzene rings is 3. The molecule has 0 bridgehead atoms. The summed E-state index contributed by atoms with van der Waals surface area (Å²) in [6, 6.07) is 19.5. The van der Waals surface area contributed by atoms with Gasteiger partial charge in [0.05, 0.1) is 0 Å². The Bertz CT molecular complexity index is 770. The Morgan fingerprint density at radius 2 is 1.65 bits per heavy atom. The Labute approximate surface area is 131 Å². The number of hydrogen-bond donors (Lipinski definition) is 1. The van der Waals surface area contributed by atoms with Gasteiger partial charge in [-0.1, -0.05) is 63.9 Å². The van der Waals surface area contributed by atoms with Crippen LogP contribution in [0.2, 0.25) is 5.02 Å². The fourth-order valence-electron chi connectivity index (χ4n) is 2.28. The largest absolute Gasteiger partial charge is 0.384 e. The quantitative estimate of drug-likeness (QED) is 0.663. The number of fused-ring (bicyclic) bond motifs is 1. The van der Waals surface area contributed by atoms with Crippen LogP contribution in [0.1, 0.15) is 17.2 Å². The van der Waals surface area contributed by atoms with Crippen LogP contribution >= 0.6 is 27.5 Å². The van der Waals surface area contributed by atoms with E-state index in [0.717, 1.165) is 26.4 Å². The maximum absolute atomic E-state index is 10.6. The first-order valence-corrected chi connectivity index (χ1v) is 7.44. The number of aliphatic hydroxyl groups excluding tert-OH is 1. The SMILES string of the molecule is OC(c1ccc2ccccc2c1)c1cc(Cl)ccc1Br. The Hall–Kier alpha value is -1.35. The van der Waals surface area contributed by atoms with Gasteiger partial charge >= 0.3 is 0 Å². The van der Waals surface area contributed by atoms with Gasteiger partial charge in [0.2, 0.25) is 0 Å². The van der Waals surface area contributed by atoms with Crippen LogP contribution in [0, 0.1) is 0 Å². The lowest BCUT2D eigenvalue weighted by molar-refractivity contribution is 0.219. The molecule has 3 heteroatoms. The highest BCUT2D eigenvalue weighted by Gasteiger charge is 2.14.